The minimum absolute atomic E-state index is 0.0303. The number of carbonyl (C=O) groups excluding carboxylic acids is 1. The predicted octanol–water partition coefficient (Wildman–Crippen LogP) is -0.953. The molecule has 0 unspecified atom stereocenters. The predicted molar refractivity (Wildman–Crippen MR) is 130 cm³/mol. The van der Waals surface area contributed by atoms with Crippen molar-refractivity contribution < 1.29 is 63.9 Å². The number of phenols is 1. The van der Waals surface area contributed by atoms with Gasteiger partial charge in [0.25, 0.3) is 0 Å². The fraction of sp³-hybridized carbons (Fsp3) is 0.500. The van der Waals surface area contributed by atoms with E-state index in [9.17, 15) is 35.4 Å². The standard InChI is InChI=1S/C26H32O13/c1-34-17-9-15(7-8-16(17)28)23(32)36-12-26(33)13-37-25(22(26)31)39-21-20(30)19(29)18(10-27)38-24(21)35-11-14-5-3-2-4-6-14/h2-9,18-22,24-25,27-31,33H,10-13H2,1H3/t18-,19-,20+,21-,22+,24-,25+,26-/m1/s1. The van der Waals surface area contributed by atoms with E-state index in [0.717, 1.165) is 5.56 Å². The maximum absolute atomic E-state index is 12.5. The highest BCUT2D eigenvalue weighted by Crippen LogP contribution is 2.32. The van der Waals surface area contributed by atoms with Crippen molar-refractivity contribution in [2.75, 3.05) is 26.9 Å². The Morgan fingerprint density at radius 3 is 2.51 bits per heavy atom. The smallest absolute Gasteiger partial charge is 0.338 e. The highest BCUT2D eigenvalue weighted by molar-refractivity contribution is 5.90. The summed E-state index contributed by atoms with van der Waals surface area (Å²) in [5.41, 5.74) is -1.27. The number of hydrogen-bond acceptors (Lipinski definition) is 13. The van der Waals surface area contributed by atoms with Gasteiger partial charge in [0, 0.05) is 0 Å². The van der Waals surface area contributed by atoms with E-state index in [-0.39, 0.29) is 23.7 Å². The quantitative estimate of drug-likeness (QED) is 0.198. The second-order valence-corrected chi connectivity index (χ2v) is 9.29. The van der Waals surface area contributed by atoms with Crippen molar-refractivity contribution in [1.82, 2.24) is 0 Å². The normalized spacial score (nSPS) is 32.6. The van der Waals surface area contributed by atoms with E-state index >= 15 is 0 Å². The van der Waals surface area contributed by atoms with Crippen molar-refractivity contribution in [2.45, 2.75) is 55.3 Å². The molecule has 0 saturated carbocycles. The lowest BCUT2D eigenvalue weighted by atomic mass is 9.98. The van der Waals surface area contributed by atoms with E-state index in [4.69, 9.17) is 28.4 Å². The van der Waals surface area contributed by atoms with Gasteiger partial charge in [0.1, 0.15) is 37.1 Å². The molecule has 13 heteroatoms. The Hall–Kier alpha value is -2.85. The molecule has 2 saturated heterocycles. The maximum Gasteiger partial charge on any atom is 0.338 e. The molecule has 214 valence electrons. The van der Waals surface area contributed by atoms with Gasteiger partial charge in [0.15, 0.2) is 29.7 Å². The third-order valence-electron chi connectivity index (χ3n) is 6.55. The summed E-state index contributed by atoms with van der Waals surface area (Å²) in [6.45, 7) is -1.73. The van der Waals surface area contributed by atoms with Crippen LogP contribution < -0.4 is 4.74 Å². The zero-order chi connectivity index (χ0) is 28.2. The minimum Gasteiger partial charge on any atom is -0.504 e. The molecular weight excluding hydrogens is 520 g/mol. The van der Waals surface area contributed by atoms with Crippen molar-refractivity contribution in [3.63, 3.8) is 0 Å². The maximum atomic E-state index is 12.5. The minimum atomic E-state index is -2.07. The van der Waals surface area contributed by atoms with Gasteiger partial charge in [-0.05, 0) is 23.8 Å². The van der Waals surface area contributed by atoms with E-state index in [0.29, 0.717) is 0 Å². The SMILES string of the molecule is COc1cc(C(=O)OC[C@@]2(O)CO[C@@H](O[C@H]3[C@H](OCc4ccccc4)O[C@H](CO)[C@@H](O)[C@@H]3O)[C@@H]2O)ccc1O. The van der Waals surface area contributed by atoms with Gasteiger partial charge in [-0.2, -0.15) is 0 Å². The molecule has 39 heavy (non-hydrogen) atoms. The van der Waals surface area contributed by atoms with Crippen LogP contribution in [0.5, 0.6) is 11.5 Å². The molecule has 2 aliphatic rings. The van der Waals surface area contributed by atoms with E-state index < -0.39 is 74.5 Å². The molecule has 0 aliphatic carbocycles. The first kappa shape index (κ1) is 29.1. The average molecular weight is 553 g/mol. The molecule has 2 aliphatic heterocycles. The van der Waals surface area contributed by atoms with Crippen LogP contribution >= 0.6 is 0 Å². The number of rotatable bonds is 10. The largest absolute Gasteiger partial charge is 0.504 e. The monoisotopic (exact) mass is 552 g/mol. The average Bonchev–Trinajstić information content (AvgIpc) is 3.23. The summed E-state index contributed by atoms with van der Waals surface area (Å²) in [6, 6.07) is 12.8. The first-order chi connectivity index (χ1) is 18.7. The number of aliphatic hydroxyl groups is 5. The molecule has 6 N–H and O–H groups in total. The Bertz CT molecular complexity index is 1100. The Morgan fingerprint density at radius 2 is 1.82 bits per heavy atom. The first-order valence-electron chi connectivity index (χ1n) is 12.2. The van der Waals surface area contributed by atoms with Crippen molar-refractivity contribution in [3.8, 4) is 11.5 Å². The van der Waals surface area contributed by atoms with Crippen molar-refractivity contribution in [2.24, 2.45) is 0 Å². The van der Waals surface area contributed by atoms with Crippen LogP contribution in [0.3, 0.4) is 0 Å². The Morgan fingerprint density at radius 1 is 1.08 bits per heavy atom. The molecular formula is C26H32O13. The van der Waals surface area contributed by atoms with Crippen LogP contribution in [0.4, 0.5) is 0 Å². The molecule has 2 heterocycles. The van der Waals surface area contributed by atoms with Gasteiger partial charge in [0.05, 0.1) is 32.5 Å². The van der Waals surface area contributed by atoms with Gasteiger partial charge in [-0.1, -0.05) is 30.3 Å². The first-order valence-corrected chi connectivity index (χ1v) is 12.2. The summed E-state index contributed by atoms with van der Waals surface area (Å²) in [4.78, 5) is 12.5. The van der Waals surface area contributed by atoms with Gasteiger partial charge in [-0.3, -0.25) is 0 Å². The number of carbonyl (C=O) groups is 1. The summed E-state index contributed by atoms with van der Waals surface area (Å²) in [5.74, 6) is -0.992. The number of methoxy groups -OCH3 is 1. The summed E-state index contributed by atoms with van der Waals surface area (Å²) < 4.78 is 32.6. The molecule has 0 bridgehead atoms. The Balaban J connectivity index is 1.40. The van der Waals surface area contributed by atoms with Crippen LogP contribution in [-0.2, 0) is 30.3 Å². The number of esters is 1. The lowest BCUT2D eigenvalue weighted by Gasteiger charge is -2.42. The Kier molecular flexibility index (Phi) is 9.38. The summed E-state index contributed by atoms with van der Waals surface area (Å²) in [7, 11) is 1.31. The van der Waals surface area contributed by atoms with E-state index in [2.05, 4.69) is 0 Å². The van der Waals surface area contributed by atoms with Gasteiger partial charge >= 0.3 is 5.97 Å². The molecule has 2 aromatic carbocycles. The van der Waals surface area contributed by atoms with Crippen LogP contribution in [0.1, 0.15) is 15.9 Å². The van der Waals surface area contributed by atoms with Gasteiger partial charge < -0.3 is 59.1 Å². The van der Waals surface area contributed by atoms with Crippen LogP contribution in [0.15, 0.2) is 48.5 Å². The molecule has 13 nitrogen and oxygen atoms in total. The molecule has 0 amide bonds. The second kappa shape index (κ2) is 12.6. The third kappa shape index (κ3) is 6.49. The highest BCUT2D eigenvalue weighted by Gasteiger charge is 2.54. The molecule has 8 atom stereocenters. The summed E-state index contributed by atoms with van der Waals surface area (Å²) >= 11 is 0. The number of aliphatic hydroxyl groups excluding tert-OH is 4. The highest BCUT2D eigenvalue weighted by atomic mass is 16.8. The second-order valence-electron chi connectivity index (χ2n) is 9.29. The van der Waals surface area contributed by atoms with Gasteiger partial charge in [-0.15, -0.1) is 0 Å². The van der Waals surface area contributed by atoms with Crippen LogP contribution in [0, 0.1) is 0 Å². The van der Waals surface area contributed by atoms with Crippen LogP contribution in [0.2, 0.25) is 0 Å². The molecule has 4 rings (SSSR count). The summed E-state index contributed by atoms with van der Waals surface area (Å²) in [6.07, 6.45) is -10.3. The van der Waals surface area contributed by atoms with Crippen LogP contribution in [-0.4, -0.2) is 112 Å². The Labute approximate surface area is 223 Å². The fourth-order valence-electron chi connectivity index (χ4n) is 4.22. The van der Waals surface area contributed by atoms with Gasteiger partial charge in [-0.25, -0.2) is 4.79 Å². The molecule has 0 radical (unpaired) electrons. The molecule has 2 aromatic rings. The number of hydrogen-bond donors (Lipinski definition) is 6. The van der Waals surface area contributed by atoms with Crippen molar-refractivity contribution in [3.05, 3.63) is 59.7 Å². The van der Waals surface area contributed by atoms with E-state index in [1.807, 2.05) is 6.07 Å². The zero-order valence-corrected chi connectivity index (χ0v) is 21.0. The summed E-state index contributed by atoms with van der Waals surface area (Å²) in [5, 5.41) is 62.0. The number of benzene rings is 2. The number of aromatic hydroxyl groups is 1. The lowest BCUT2D eigenvalue weighted by Crippen LogP contribution is -2.61. The van der Waals surface area contributed by atoms with Crippen molar-refractivity contribution in [1.29, 1.82) is 0 Å². The third-order valence-corrected chi connectivity index (χ3v) is 6.55. The fourth-order valence-corrected chi connectivity index (χ4v) is 4.22. The number of phenolic OH excluding ortho intramolecular Hbond substituents is 1. The molecule has 0 aromatic heterocycles. The zero-order valence-electron chi connectivity index (χ0n) is 21.0. The molecule has 2 fully saturated rings. The van der Waals surface area contributed by atoms with Gasteiger partial charge in [0.2, 0.25) is 0 Å². The topological polar surface area (TPSA) is 194 Å². The van der Waals surface area contributed by atoms with Crippen molar-refractivity contribution >= 4 is 5.97 Å². The molecule has 0 spiro atoms. The number of ether oxygens (including phenoxy) is 6. The van der Waals surface area contributed by atoms with Crippen LogP contribution in [0.25, 0.3) is 0 Å². The van der Waals surface area contributed by atoms with E-state index in [1.54, 1.807) is 24.3 Å². The van der Waals surface area contributed by atoms with E-state index in [1.165, 1.54) is 25.3 Å². The lowest BCUT2D eigenvalue weighted by molar-refractivity contribution is -0.338.